The standard InChI is InChI=1S/C20H18N4O2/c1-11-7-13-8-16(4-5-17(13)21-11)23-20(26)19-10-14-9-15(22-12(2)25)3-6-18(14)24-19/h3-10,21,24H,1-2H3,(H,22,25)(H,23,26). The Kier molecular flexibility index (Phi) is 3.73. The van der Waals surface area contributed by atoms with Crippen molar-refractivity contribution in [2.75, 3.05) is 10.6 Å². The van der Waals surface area contributed by atoms with E-state index in [1.54, 1.807) is 12.1 Å². The number of benzene rings is 2. The molecule has 0 bridgehead atoms. The first kappa shape index (κ1) is 16.0. The monoisotopic (exact) mass is 346 g/mol. The molecule has 0 aliphatic heterocycles. The van der Waals surface area contributed by atoms with Crippen LogP contribution in [0.2, 0.25) is 0 Å². The maximum absolute atomic E-state index is 12.6. The summed E-state index contributed by atoms with van der Waals surface area (Å²) in [6.45, 7) is 3.46. The normalized spacial score (nSPS) is 11.0. The van der Waals surface area contributed by atoms with E-state index >= 15 is 0 Å². The summed E-state index contributed by atoms with van der Waals surface area (Å²) in [5.41, 5.74) is 4.85. The summed E-state index contributed by atoms with van der Waals surface area (Å²) in [6.07, 6.45) is 0. The molecule has 4 N–H and O–H groups in total. The highest BCUT2D eigenvalue weighted by atomic mass is 16.2. The highest BCUT2D eigenvalue weighted by molar-refractivity contribution is 6.07. The number of nitrogens with one attached hydrogen (secondary N) is 4. The maximum atomic E-state index is 12.6. The van der Waals surface area contributed by atoms with Crippen LogP contribution in [0.5, 0.6) is 0 Å². The largest absolute Gasteiger partial charge is 0.359 e. The van der Waals surface area contributed by atoms with Gasteiger partial charge in [-0.2, -0.15) is 0 Å². The van der Waals surface area contributed by atoms with Crippen molar-refractivity contribution in [2.45, 2.75) is 13.8 Å². The number of fused-ring (bicyclic) bond motifs is 2. The van der Waals surface area contributed by atoms with Crippen molar-refractivity contribution in [1.82, 2.24) is 9.97 Å². The Balaban J connectivity index is 1.59. The van der Waals surface area contributed by atoms with Crippen molar-refractivity contribution in [3.05, 3.63) is 59.9 Å². The second-order valence-electron chi connectivity index (χ2n) is 6.37. The van der Waals surface area contributed by atoms with Crippen molar-refractivity contribution in [3.63, 3.8) is 0 Å². The highest BCUT2D eigenvalue weighted by Crippen LogP contribution is 2.23. The van der Waals surface area contributed by atoms with Gasteiger partial charge in [-0.3, -0.25) is 9.59 Å². The lowest BCUT2D eigenvalue weighted by molar-refractivity contribution is -0.114. The molecule has 0 spiro atoms. The number of carbonyl (C=O) groups excluding carboxylic acids is 2. The molecule has 0 saturated carbocycles. The summed E-state index contributed by atoms with van der Waals surface area (Å²) in [4.78, 5) is 30.1. The van der Waals surface area contributed by atoms with Gasteiger partial charge in [0.25, 0.3) is 5.91 Å². The first-order chi connectivity index (χ1) is 12.5. The first-order valence-corrected chi connectivity index (χ1v) is 8.29. The molecule has 6 heteroatoms. The van der Waals surface area contributed by atoms with E-state index in [4.69, 9.17) is 0 Å². The van der Waals surface area contributed by atoms with Crippen LogP contribution in [0.25, 0.3) is 21.8 Å². The third-order valence-electron chi connectivity index (χ3n) is 4.20. The zero-order valence-electron chi connectivity index (χ0n) is 14.4. The molecule has 2 amide bonds. The van der Waals surface area contributed by atoms with Gasteiger partial charge in [0, 0.05) is 45.8 Å². The van der Waals surface area contributed by atoms with Gasteiger partial charge >= 0.3 is 0 Å². The second-order valence-corrected chi connectivity index (χ2v) is 6.37. The van der Waals surface area contributed by atoms with E-state index in [2.05, 4.69) is 20.6 Å². The lowest BCUT2D eigenvalue weighted by atomic mass is 10.2. The molecular formula is C20H18N4O2. The van der Waals surface area contributed by atoms with Crippen LogP contribution in [-0.2, 0) is 4.79 Å². The van der Waals surface area contributed by atoms with Gasteiger partial charge < -0.3 is 20.6 Å². The van der Waals surface area contributed by atoms with E-state index in [1.165, 1.54) is 6.92 Å². The van der Waals surface area contributed by atoms with Gasteiger partial charge in [-0.1, -0.05) is 0 Å². The lowest BCUT2D eigenvalue weighted by Crippen LogP contribution is -2.11. The fourth-order valence-corrected chi connectivity index (χ4v) is 3.09. The number of amides is 2. The van der Waals surface area contributed by atoms with Gasteiger partial charge in [0.05, 0.1) is 0 Å². The number of aromatic amines is 2. The van der Waals surface area contributed by atoms with Crippen LogP contribution in [0.3, 0.4) is 0 Å². The van der Waals surface area contributed by atoms with Crippen LogP contribution in [0.15, 0.2) is 48.5 Å². The Labute approximate surface area is 149 Å². The summed E-state index contributed by atoms with van der Waals surface area (Å²) < 4.78 is 0. The van der Waals surface area contributed by atoms with Crippen LogP contribution >= 0.6 is 0 Å². The Bertz CT molecular complexity index is 1150. The number of rotatable bonds is 3. The third-order valence-corrected chi connectivity index (χ3v) is 4.20. The summed E-state index contributed by atoms with van der Waals surface area (Å²) >= 11 is 0. The van der Waals surface area contributed by atoms with E-state index in [0.29, 0.717) is 11.4 Å². The number of hydrogen-bond acceptors (Lipinski definition) is 2. The Morgan fingerprint density at radius 2 is 1.42 bits per heavy atom. The number of carbonyl (C=O) groups is 2. The summed E-state index contributed by atoms with van der Waals surface area (Å²) in [5.74, 6) is -0.345. The van der Waals surface area contributed by atoms with Gasteiger partial charge in [-0.05, 0) is 55.5 Å². The fraction of sp³-hybridized carbons (Fsp3) is 0.100. The van der Waals surface area contributed by atoms with E-state index in [9.17, 15) is 9.59 Å². The molecule has 0 saturated heterocycles. The molecule has 4 aromatic rings. The SMILES string of the molecule is CC(=O)Nc1ccc2[nH]c(C(=O)Nc3ccc4[nH]c(C)cc4c3)cc2c1. The molecule has 2 heterocycles. The van der Waals surface area contributed by atoms with Crippen molar-refractivity contribution in [3.8, 4) is 0 Å². The summed E-state index contributed by atoms with van der Waals surface area (Å²) in [6, 6.07) is 15.0. The quantitative estimate of drug-likeness (QED) is 0.448. The molecule has 0 aliphatic rings. The van der Waals surface area contributed by atoms with Gasteiger partial charge in [0.15, 0.2) is 0 Å². The predicted molar refractivity (Wildman–Crippen MR) is 104 cm³/mol. The fourth-order valence-electron chi connectivity index (χ4n) is 3.09. The zero-order valence-corrected chi connectivity index (χ0v) is 14.4. The molecule has 130 valence electrons. The topological polar surface area (TPSA) is 89.8 Å². The summed E-state index contributed by atoms with van der Waals surface area (Å²) in [7, 11) is 0. The molecular weight excluding hydrogens is 328 g/mol. The smallest absolute Gasteiger partial charge is 0.272 e. The van der Waals surface area contributed by atoms with Crippen molar-refractivity contribution >= 4 is 45.0 Å². The molecule has 0 aliphatic carbocycles. The predicted octanol–water partition coefficient (Wildman–Crippen LogP) is 4.17. The Morgan fingerprint density at radius 3 is 2.12 bits per heavy atom. The van der Waals surface area contributed by atoms with Crippen molar-refractivity contribution in [2.24, 2.45) is 0 Å². The van der Waals surface area contributed by atoms with Crippen molar-refractivity contribution in [1.29, 1.82) is 0 Å². The van der Waals surface area contributed by atoms with Gasteiger partial charge in [-0.25, -0.2) is 0 Å². The van der Waals surface area contributed by atoms with Crippen LogP contribution in [0.1, 0.15) is 23.1 Å². The summed E-state index contributed by atoms with van der Waals surface area (Å²) in [5, 5.41) is 7.56. The number of H-pyrrole nitrogens is 2. The first-order valence-electron chi connectivity index (χ1n) is 8.29. The second kappa shape index (κ2) is 6.07. The average molecular weight is 346 g/mol. The molecule has 4 rings (SSSR count). The van der Waals surface area contributed by atoms with E-state index in [-0.39, 0.29) is 11.8 Å². The molecule has 0 atom stereocenters. The minimum Gasteiger partial charge on any atom is -0.359 e. The van der Waals surface area contributed by atoms with Gasteiger partial charge in [0.2, 0.25) is 5.91 Å². The Hall–Kier alpha value is -3.54. The van der Waals surface area contributed by atoms with E-state index < -0.39 is 0 Å². The molecule has 2 aromatic carbocycles. The van der Waals surface area contributed by atoms with Crippen LogP contribution in [0.4, 0.5) is 11.4 Å². The lowest BCUT2D eigenvalue weighted by Gasteiger charge is -2.03. The van der Waals surface area contributed by atoms with Gasteiger partial charge in [0.1, 0.15) is 5.69 Å². The molecule has 0 fully saturated rings. The number of anilines is 2. The third kappa shape index (κ3) is 3.04. The molecule has 0 unspecified atom stereocenters. The van der Waals surface area contributed by atoms with Gasteiger partial charge in [-0.15, -0.1) is 0 Å². The number of aryl methyl sites for hydroxylation is 1. The molecule has 0 radical (unpaired) electrons. The van der Waals surface area contributed by atoms with Crippen LogP contribution in [-0.4, -0.2) is 21.8 Å². The molecule has 2 aromatic heterocycles. The minimum atomic E-state index is -0.214. The zero-order chi connectivity index (χ0) is 18.3. The Morgan fingerprint density at radius 1 is 0.808 bits per heavy atom. The number of hydrogen-bond donors (Lipinski definition) is 4. The highest BCUT2D eigenvalue weighted by Gasteiger charge is 2.11. The average Bonchev–Trinajstić information content (AvgIpc) is 3.15. The maximum Gasteiger partial charge on any atom is 0.272 e. The van der Waals surface area contributed by atoms with Crippen LogP contribution in [0, 0.1) is 6.92 Å². The number of aromatic nitrogens is 2. The minimum absolute atomic E-state index is 0.131. The van der Waals surface area contributed by atoms with Crippen LogP contribution < -0.4 is 10.6 Å². The van der Waals surface area contributed by atoms with E-state index in [0.717, 1.165) is 33.2 Å². The molecule has 6 nitrogen and oxygen atoms in total. The van der Waals surface area contributed by atoms with Crippen molar-refractivity contribution < 1.29 is 9.59 Å². The van der Waals surface area contributed by atoms with E-state index in [1.807, 2.05) is 43.3 Å². The molecule has 26 heavy (non-hydrogen) atoms.